The minimum Gasteiger partial charge on any atom is -0.311 e. The molecule has 412 valence electrons. The fraction of sp³-hybridized carbons (Fsp3) is 0.241. The van der Waals surface area contributed by atoms with Crippen LogP contribution in [0.3, 0.4) is 0 Å². The van der Waals surface area contributed by atoms with Crippen molar-refractivity contribution in [2.45, 2.75) is 124 Å². The molecule has 0 radical (unpaired) electrons. The second-order valence-electron chi connectivity index (χ2n) is 28.3. The van der Waals surface area contributed by atoms with Crippen LogP contribution in [-0.2, 0) is 27.1 Å². The standard InChI is InChI=1S/C79H78BN3/c1-75(2,3)55-31-38-59(39-32-55)81(60-40-33-56(34-41-60)76(4,5)6)62-42-44-66-70(50-62)82(61-36-28-53(29-37-61)51-22-17-15-18-23-51)71-48-58(78(10,11)12)49-72-74(71)80(66)67-46-54(52-24-19-16-20-25-52)30-45-68(67)83(72)69-27-21-26-64-63-43-35-57(77(7,8)9)47-65(63)79(13,14)73(64)69/h15-50H,1-14H3. The molecule has 0 saturated heterocycles. The molecule has 0 aromatic heterocycles. The lowest BCUT2D eigenvalue weighted by Gasteiger charge is -2.46. The summed E-state index contributed by atoms with van der Waals surface area (Å²) < 4.78 is 0. The molecule has 0 saturated carbocycles. The van der Waals surface area contributed by atoms with Crippen LogP contribution in [0.1, 0.15) is 130 Å². The zero-order valence-electron chi connectivity index (χ0n) is 51.2. The molecule has 0 N–H and O–H groups in total. The Bertz CT molecular complexity index is 4070. The molecule has 2 heterocycles. The van der Waals surface area contributed by atoms with Gasteiger partial charge in [0.15, 0.2) is 0 Å². The molecule has 10 aromatic carbocycles. The number of rotatable bonds is 7. The molecule has 3 aliphatic rings. The van der Waals surface area contributed by atoms with Gasteiger partial charge in [-0.25, -0.2) is 0 Å². The van der Waals surface area contributed by atoms with E-state index >= 15 is 0 Å². The number of hydrogen-bond acceptors (Lipinski definition) is 3. The van der Waals surface area contributed by atoms with Crippen molar-refractivity contribution in [3.8, 4) is 33.4 Å². The van der Waals surface area contributed by atoms with Crippen LogP contribution in [-0.4, -0.2) is 6.71 Å². The van der Waals surface area contributed by atoms with E-state index in [-0.39, 0.29) is 33.8 Å². The Morgan fingerprint density at radius 2 is 0.843 bits per heavy atom. The molecular weight excluding hydrogens is 1000 g/mol. The SMILES string of the molecule is CC(C)(C)c1ccc(N(c2ccc(C(C)(C)C)cc2)c2ccc3c(c2)N(c2ccc(-c4ccccc4)cc2)c2cc(C(C)(C)C)cc4c2B3c2cc(-c3ccccc3)ccc2N4c2cccc3c2C(C)(C)c2cc(C(C)(C)C)ccc2-3)cc1. The molecule has 4 heteroatoms. The molecule has 83 heavy (non-hydrogen) atoms. The van der Waals surface area contributed by atoms with Gasteiger partial charge < -0.3 is 14.7 Å². The highest BCUT2D eigenvalue weighted by molar-refractivity contribution is 7.00. The second kappa shape index (κ2) is 19.4. The van der Waals surface area contributed by atoms with E-state index in [1.807, 2.05) is 0 Å². The van der Waals surface area contributed by atoms with Gasteiger partial charge in [-0.1, -0.05) is 243 Å². The Morgan fingerprint density at radius 1 is 0.337 bits per heavy atom. The number of benzene rings is 10. The first-order chi connectivity index (χ1) is 39.4. The van der Waals surface area contributed by atoms with Crippen LogP contribution < -0.4 is 31.1 Å². The van der Waals surface area contributed by atoms with E-state index in [9.17, 15) is 0 Å². The van der Waals surface area contributed by atoms with E-state index in [0.717, 1.165) is 22.7 Å². The number of fused-ring (bicyclic) bond motifs is 7. The largest absolute Gasteiger partial charge is 0.311 e. The van der Waals surface area contributed by atoms with E-state index in [0.29, 0.717) is 0 Å². The topological polar surface area (TPSA) is 9.72 Å². The Kier molecular flexibility index (Phi) is 12.6. The number of nitrogens with zero attached hydrogens (tertiary/aromatic N) is 3. The van der Waals surface area contributed by atoms with Gasteiger partial charge in [-0.05, 0) is 178 Å². The number of anilines is 9. The van der Waals surface area contributed by atoms with E-state index in [1.165, 1.54) is 112 Å². The summed E-state index contributed by atoms with van der Waals surface area (Å²) in [7, 11) is 0. The van der Waals surface area contributed by atoms with Crippen LogP contribution >= 0.6 is 0 Å². The predicted octanol–water partition coefficient (Wildman–Crippen LogP) is 20.1. The third kappa shape index (κ3) is 9.21. The normalized spacial score (nSPS) is 14.2. The maximum Gasteiger partial charge on any atom is 0.252 e. The van der Waals surface area contributed by atoms with Crippen LogP contribution in [0.5, 0.6) is 0 Å². The summed E-state index contributed by atoms with van der Waals surface area (Å²) in [5, 5.41) is 0. The summed E-state index contributed by atoms with van der Waals surface area (Å²) in [5.41, 5.74) is 29.5. The second-order valence-corrected chi connectivity index (χ2v) is 28.3. The summed E-state index contributed by atoms with van der Waals surface area (Å²) in [5.74, 6) is 0. The molecular formula is C79H78BN3. The molecule has 0 atom stereocenters. The molecule has 13 rings (SSSR count). The summed E-state index contributed by atoms with van der Waals surface area (Å²) in [6, 6.07) is 83.7. The van der Waals surface area contributed by atoms with Crippen molar-refractivity contribution in [1.82, 2.24) is 0 Å². The third-order valence-corrected chi connectivity index (χ3v) is 18.3. The van der Waals surface area contributed by atoms with Crippen molar-refractivity contribution in [2.75, 3.05) is 14.7 Å². The Labute approximate surface area is 495 Å². The first kappa shape index (κ1) is 53.9. The lowest BCUT2D eigenvalue weighted by atomic mass is 9.33. The van der Waals surface area contributed by atoms with Gasteiger partial charge >= 0.3 is 0 Å². The van der Waals surface area contributed by atoms with Crippen LogP contribution in [0.15, 0.2) is 218 Å². The Hall–Kier alpha value is -8.34. The van der Waals surface area contributed by atoms with E-state index < -0.39 is 0 Å². The molecule has 0 unspecified atom stereocenters. The fourth-order valence-electron chi connectivity index (χ4n) is 13.5. The smallest absolute Gasteiger partial charge is 0.252 e. The molecule has 0 bridgehead atoms. The molecule has 0 spiro atoms. The highest BCUT2D eigenvalue weighted by Gasteiger charge is 2.47. The highest BCUT2D eigenvalue weighted by atomic mass is 15.2. The van der Waals surface area contributed by atoms with Gasteiger partial charge in [0.2, 0.25) is 0 Å². The zero-order chi connectivity index (χ0) is 58.1. The average Bonchev–Trinajstić information content (AvgIpc) is 1.74. The monoisotopic (exact) mass is 1080 g/mol. The molecule has 0 fully saturated rings. The first-order valence-corrected chi connectivity index (χ1v) is 30.0. The van der Waals surface area contributed by atoms with Gasteiger partial charge in [0.1, 0.15) is 0 Å². The maximum atomic E-state index is 2.67. The van der Waals surface area contributed by atoms with Crippen molar-refractivity contribution < 1.29 is 0 Å². The van der Waals surface area contributed by atoms with Gasteiger partial charge in [-0.15, -0.1) is 0 Å². The van der Waals surface area contributed by atoms with Gasteiger partial charge in [-0.2, -0.15) is 0 Å². The Balaban J connectivity index is 1.10. The summed E-state index contributed by atoms with van der Waals surface area (Å²) in [4.78, 5) is 7.74. The van der Waals surface area contributed by atoms with Gasteiger partial charge in [-0.3, -0.25) is 0 Å². The fourth-order valence-corrected chi connectivity index (χ4v) is 13.5. The maximum absolute atomic E-state index is 2.67. The molecule has 2 aliphatic heterocycles. The minimum absolute atomic E-state index is 0.0163. The van der Waals surface area contributed by atoms with Crippen molar-refractivity contribution >= 4 is 74.3 Å². The minimum atomic E-state index is -0.285. The van der Waals surface area contributed by atoms with Gasteiger partial charge in [0.05, 0.1) is 5.69 Å². The zero-order valence-corrected chi connectivity index (χ0v) is 51.2. The van der Waals surface area contributed by atoms with Crippen molar-refractivity contribution in [3.63, 3.8) is 0 Å². The van der Waals surface area contributed by atoms with Crippen LogP contribution in [0.25, 0.3) is 33.4 Å². The van der Waals surface area contributed by atoms with Crippen LogP contribution in [0.2, 0.25) is 0 Å². The predicted molar refractivity (Wildman–Crippen MR) is 358 cm³/mol. The lowest BCUT2D eigenvalue weighted by Crippen LogP contribution is -2.61. The first-order valence-electron chi connectivity index (χ1n) is 30.0. The Morgan fingerprint density at radius 3 is 1.41 bits per heavy atom. The summed E-state index contributed by atoms with van der Waals surface area (Å²) >= 11 is 0. The number of hydrogen-bond donors (Lipinski definition) is 0. The summed E-state index contributed by atoms with van der Waals surface area (Å²) in [6.07, 6.45) is 0. The molecule has 3 nitrogen and oxygen atoms in total. The molecule has 1 aliphatic carbocycles. The third-order valence-electron chi connectivity index (χ3n) is 18.3. The highest BCUT2D eigenvalue weighted by Crippen LogP contribution is 2.56. The summed E-state index contributed by atoms with van der Waals surface area (Å²) in [6.45, 7) is 32.7. The van der Waals surface area contributed by atoms with E-state index in [1.54, 1.807) is 0 Å². The van der Waals surface area contributed by atoms with Crippen molar-refractivity contribution in [2.24, 2.45) is 0 Å². The van der Waals surface area contributed by atoms with E-state index in [2.05, 4.69) is 330 Å². The van der Waals surface area contributed by atoms with Crippen molar-refractivity contribution in [1.29, 1.82) is 0 Å². The van der Waals surface area contributed by atoms with Crippen molar-refractivity contribution in [3.05, 3.63) is 252 Å². The lowest BCUT2D eigenvalue weighted by molar-refractivity contribution is 0.584. The van der Waals surface area contributed by atoms with E-state index in [4.69, 9.17) is 0 Å². The van der Waals surface area contributed by atoms with Gasteiger partial charge in [0.25, 0.3) is 6.71 Å². The van der Waals surface area contributed by atoms with Gasteiger partial charge in [0, 0.05) is 50.9 Å². The average molecular weight is 1080 g/mol. The van der Waals surface area contributed by atoms with Crippen LogP contribution in [0.4, 0.5) is 51.2 Å². The molecule has 0 amide bonds. The molecule has 10 aromatic rings. The van der Waals surface area contributed by atoms with Crippen LogP contribution in [0, 0.1) is 0 Å². The quantitative estimate of drug-likeness (QED) is 0.147.